The maximum atomic E-state index is 10.5. The van der Waals surface area contributed by atoms with Gasteiger partial charge < -0.3 is 15.3 Å². The van der Waals surface area contributed by atoms with Crippen LogP contribution in [0.1, 0.15) is 12.8 Å². The summed E-state index contributed by atoms with van der Waals surface area (Å²) in [5.41, 5.74) is -0.216. The summed E-state index contributed by atoms with van der Waals surface area (Å²) in [5.74, 6) is -0.973. The van der Waals surface area contributed by atoms with E-state index in [-0.39, 0.29) is 11.3 Å². The van der Waals surface area contributed by atoms with Gasteiger partial charge in [-0.2, -0.15) is 0 Å². The first kappa shape index (κ1) is 7.54. The first-order valence-electron chi connectivity index (χ1n) is 3.91. The molecule has 0 saturated carbocycles. The highest BCUT2D eigenvalue weighted by molar-refractivity contribution is 6.36. The number of hydrogen-bond acceptors (Lipinski definition) is 4. The smallest absolute Gasteiger partial charge is 0.353 e. The summed E-state index contributed by atoms with van der Waals surface area (Å²) in [6.07, 6.45) is 1.27. The third-order valence-electron chi connectivity index (χ3n) is 2.29. The zero-order valence-corrected chi connectivity index (χ0v) is 6.54. The van der Waals surface area contributed by atoms with Crippen molar-refractivity contribution in [1.29, 1.82) is 0 Å². The van der Waals surface area contributed by atoms with E-state index >= 15 is 0 Å². The molecule has 2 N–H and O–H groups in total. The zero-order chi connectivity index (χ0) is 8.60. The van der Waals surface area contributed by atoms with E-state index in [0.717, 1.165) is 13.0 Å². The lowest BCUT2D eigenvalue weighted by Crippen LogP contribution is -2.32. The van der Waals surface area contributed by atoms with Crippen LogP contribution >= 0.6 is 0 Å². The topological polar surface area (TPSA) is 70.9 Å². The number of nitrogens with zero attached hydrogens (tertiary/aromatic N) is 1. The van der Waals surface area contributed by atoms with Crippen LogP contribution in [-0.2, 0) is 9.63 Å². The van der Waals surface area contributed by atoms with Gasteiger partial charge in [-0.1, -0.05) is 5.16 Å². The number of oxime groups is 1. The van der Waals surface area contributed by atoms with E-state index in [2.05, 4.69) is 10.5 Å². The summed E-state index contributed by atoms with van der Waals surface area (Å²) in [6.45, 7) is 1.58. The molecule has 5 heteroatoms. The van der Waals surface area contributed by atoms with Crippen LogP contribution < -0.4 is 5.32 Å². The molecule has 2 rings (SSSR count). The van der Waals surface area contributed by atoms with Gasteiger partial charge in [-0.25, -0.2) is 4.79 Å². The number of carboxylic acid groups (broad SMARTS) is 1. The van der Waals surface area contributed by atoms with Crippen molar-refractivity contribution < 1.29 is 14.7 Å². The van der Waals surface area contributed by atoms with Gasteiger partial charge in [-0.3, -0.25) is 0 Å². The number of aliphatic carboxylic acids is 1. The number of carboxylic acids is 1. The first-order valence-corrected chi connectivity index (χ1v) is 3.91. The van der Waals surface area contributed by atoms with Gasteiger partial charge in [0.25, 0.3) is 0 Å². The molecule has 0 unspecified atom stereocenters. The van der Waals surface area contributed by atoms with Crippen LogP contribution in [-0.4, -0.2) is 35.5 Å². The highest BCUT2D eigenvalue weighted by atomic mass is 16.7. The minimum atomic E-state index is -0.973. The van der Waals surface area contributed by atoms with Crippen molar-refractivity contribution in [2.75, 3.05) is 13.1 Å². The molecule has 0 aromatic heterocycles. The van der Waals surface area contributed by atoms with Crippen LogP contribution in [0.5, 0.6) is 0 Å². The SMILES string of the molecule is O=C(O)C1=NO[C@@]2(CCNC2)C1. The van der Waals surface area contributed by atoms with Gasteiger partial charge in [0.2, 0.25) is 0 Å². The second-order valence-electron chi connectivity index (χ2n) is 3.22. The van der Waals surface area contributed by atoms with Crippen molar-refractivity contribution in [3.8, 4) is 0 Å². The highest BCUT2D eigenvalue weighted by Crippen LogP contribution is 2.29. The Morgan fingerprint density at radius 1 is 1.75 bits per heavy atom. The molecular formula is C7H10N2O3. The average Bonchev–Trinajstić information content (AvgIpc) is 2.62. The Bertz CT molecular complexity index is 243. The number of hydrogen-bond donors (Lipinski definition) is 2. The highest BCUT2D eigenvalue weighted by Gasteiger charge is 2.43. The lowest BCUT2D eigenvalue weighted by atomic mass is 9.97. The molecule has 12 heavy (non-hydrogen) atoms. The van der Waals surface area contributed by atoms with Gasteiger partial charge in [-0.05, 0) is 6.54 Å². The maximum Gasteiger partial charge on any atom is 0.353 e. The van der Waals surface area contributed by atoms with E-state index in [1.807, 2.05) is 0 Å². The van der Waals surface area contributed by atoms with E-state index in [1.165, 1.54) is 0 Å². The zero-order valence-electron chi connectivity index (χ0n) is 6.54. The van der Waals surface area contributed by atoms with Crippen molar-refractivity contribution >= 4 is 11.7 Å². The summed E-state index contributed by atoms with van der Waals surface area (Å²) in [7, 11) is 0. The minimum absolute atomic E-state index is 0.138. The van der Waals surface area contributed by atoms with Crippen molar-refractivity contribution in [3.05, 3.63) is 0 Å². The third kappa shape index (κ3) is 1.06. The van der Waals surface area contributed by atoms with Crippen LogP contribution in [0.2, 0.25) is 0 Å². The Hall–Kier alpha value is -1.10. The number of rotatable bonds is 1. The monoisotopic (exact) mass is 170 g/mol. The molecule has 2 aliphatic heterocycles. The summed E-state index contributed by atoms with van der Waals surface area (Å²) >= 11 is 0. The Morgan fingerprint density at radius 2 is 2.58 bits per heavy atom. The van der Waals surface area contributed by atoms with E-state index in [9.17, 15) is 4.79 Å². The molecular weight excluding hydrogens is 160 g/mol. The minimum Gasteiger partial charge on any atom is -0.477 e. The number of carbonyl (C=O) groups is 1. The van der Waals surface area contributed by atoms with E-state index < -0.39 is 5.97 Å². The van der Waals surface area contributed by atoms with Gasteiger partial charge in [0.05, 0.1) is 0 Å². The normalized spacial score (nSPS) is 33.5. The molecule has 5 nitrogen and oxygen atoms in total. The molecule has 1 saturated heterocycles. The fourth-order valence-electron chi connectivity index (χ4n) is 1.59. The summed E-state index contributed by atoms with van der Waals surface area (Å²) in [4.78, 5) is 15.6. The molecule has 1 atom stereocenters. The molecule has 0 amide bonds. The van der Waals surface area contributed by atoms with Gasteiger partial charge in [-0.15, -0.1) is 0 Å². The van der Waals surface area contributed by atoms with E-state index in [1.54, 1.807) is 0 Å². The van der Waals surface area contributed by atoms with Crippen molar-refractivity contribution in [2.45, 2.75) is 18.4 Å². The Balaban J connectivity index is 2.06. The van der Waals surface area contributed by atoms with Crippen LogP contribution in [0, 0.1) is 0 Å². The van der Waals surface area contributed by atoms with Crippen LogP contribution in [0.15, 0.2) is 5.16 Å². The van der Waals surface area contributed by atoms with Crippen LogP contribution in [0.4, 0.5) is 0 Å². The van der Waals surface area contributed by atoms with Crippen LogP contribution in [0.3, 0.4) is 0 Å². The van der Waals surface area contributed by atoms with E-state index in [0.29, 0.717) is 13.0 Å². The Labute approximate surface area is 69.4 Å². The molecule has 0 aliphatic carbocycles. The second-order valence-corrected chi connectivity index (χ2v) is 3.22. The molecule has 2 heterocycles. The molecule has 2 aliphatic rings. The molecule has 0 radical (unpaired) electrons. The quantitative estimate of drug-likeness (QED) is 0.560. The summed E-state index contributed by atoms with van der Waals surface area (Å²) in [5, 5.41) is 15.3. The molecule has 1 fully saturated rings. The fraction of sp³-hybridized carbons (Fsp3) is 0.714. The van der Waals surface area contributed by atoms with Gasteiger partial charge in [0, 0.05) is 19.4 Å². The predicted octanol–water partition coefficient (Wildman–Crippen LogP) is -0.421. The van der Waals surface area contributed by atoms with Gasteiger partial charge in [0.1, 0.15) is 0 Å². The summed E-state index contributed by atoms with van der Waals surface area (Å²) < 4.78 is 0. The van der Waals surface area contributed by atoms with Crippen LogP contribution in [0.25, 0.3) is 0 Å². The molecule has 0 bridgehead atoms. The fourth-order valence-corrected chi connectivity index (χ4v) is 1.59. The Kier molecular flexibility index (Phi) is 1.54. The average molecular weight is 170 g/mol. The second kappa shape index (κ2) is 2.45. The first-order chi connectivity index (χ1) is 5.72. The third-order valence-corrected chi connectivity index (χ3v) is 2.29. The lowest BCUT2D eigenvalue weighted by Gasteiger charge is -2.17. The lowest BCUT2D eigenvalue weighted by molar-refractivity contribution is -0.129. The van der Waals surface area contributed by atoms with Gasteiger partial charge >= 0.3 is 5.97 Å². The predicted molar refractivity (Wildman–Crippen MR) is 41.0 cm³/mol. The largest absolute Gasteiger partial charge is 0.477 e. The van der Waals surface area contributed by atoms with E-state index in [4.69, 9.17) is 9.94 Å². The standard InChI is InChI=1S/C7H10N2O3/c10-6(11)5-3-7(12-9-5)1-2-8-4-7/h8H,1-4H2,(H,10,11)/t7-/m0/s1. The molecule has 0 aromatic carbocycles. The van der Waals surface area contributed by atoms with Gasteiger partial charge in [0.15, 0.2) is 11.3 Å². The Morgan fingerprint density at radius 3 is 3.08 bits per heavy atom. The molecule has 0 aromatic rings. The molecule has 66 valence electrons. The maximum absolute atomic E-state index is 10.5. The molecule has 1 spiro atoms. The van der Waals surface area contributed by atoms with Crippen molar-refractivity contribution in [3.63, 3.8) is 0 Å². The van der Waals surface area contributed by atoms with Crippen molar-refractivity contribution in [1.82, 2.24) is 5.32 Å². The number of nitrogens with one attached hydrogen (secondary N) is 1. The van der Waals surface area contributed by atoms with Crippen molar-refractivity contribution in [2.24, 2.45) is 5.16 Å². The summed E-state index contributed by atoms with van der Waals surface area (Å²) in [6, 6.07) is 0.